The summed E-state index contributed by atoms with van der Waals surface area (Å²) >= 11 is 5.88. The number of nitrogens with zero attached hydrogens (tertiary/aromatic N) is 1. The van der Waals surface area contributed by atoms with E-state index in [1.165, 1.54) is 5.56 Å². The molecule has 0 aromatic heterocycles. The van der Waals surface area contributed by atoms with Gasteiger partial charge in [0.15, 0.2) is 0 Å². The second-order valence-corrected chi connectivity index (χ2v) is 7.67. The second-order valence-electron chi connectivity index (χ2n) is 5.42. The van der Waals surface area contributed by atoms with Crippen molar-refractivity contribution in [3.63, 3.8) is 0 Å². The van der Waals surface area contributed by atoms with Gasteiger partial charge >= 0.3 is 0 Å². The van der Waals surface area contributed by atoms with Crippen molar-refractivity contribution >= 4 is 21.6 Å². The molecule has 3 nitrogen and oxygen atoms in total. The first-order valence-electron chi connectivity index (χ1n) is 7.23. The van der Waals surface area contributed by atoms with Gasteiger partial charge in [-0.1, -0.05) is 25.5 Å². The second kappa shape index (κ2) is 6.92. The number of rotatable bonds is 5. The molecule has 0 aliphatic carbocycles. The SMILES string of the molecule is CCCc1ccc(S(=O)(=O)N2CCCC(CCl)C2)cc1. The molecule has 1 saturated heterocycles. The third-order valence-corrected chi connectivity index (χ3v) is 6.12. The molecule has 1 atom stereocenters. The number of piperidine rings is 1. The number of alkyl halides is 1. The molecule has 1 aliphatic rings. The molecule has 0 bridgehead atoms. The molecule has 0 N–H and O–H groups in total. The first-order valence-corrected chi connectivity index (χ1v) is 9.20. The van der Waals surface area contributed by atoms with Gasteiger partial charge in [-0.2, -0.15) is 4.31 Å². The highest BCUT2D eigenvalue weighted by atomic mass is 35.5. The summed E-state index contributed by atoms with van der Waals surface area (Å²) in [4.78, 5) is 0.396. The Morgan fingerprint density at radius 2 is 2.00 bits per heavy atom. The molecular formula is C15H22ClNO2S. The van der Waals surface area contributed by atoms with Gasteiger partial charge in [-0.05, 0) is 42.9 Å². The molecule has 112 valence electrons. The Balaban J connectivity index is 2.16. The zero-order chi connectivity index (χ0) is 14.6. The maximum absolute atomic E-state index is 12.6. The minimum atomic E-state index is -3.36. The molecule has 1 heterocycles. The standard InChI is InChI=1S/C15H22ClNO2S/c1-2-4-13-6-8-15(9-7-13)20(18,19)17-10-3-5-14(11-16)12-17/h6-9,14H,2-5,10-12H2,1H3. The number of halogens is 1. The highest BCUT2D eigenvalue weighted by Gasteiger charge is 2.29. The molecule has 1 aliphatic heterocycles. The Kier molecular flexibility index (Phi) is 5.47. The molecule has 5 heteroatoms. The highest BCUT2D eigenvalue weighted by Crippen LogP contribution is 2.24. The van der Waals surface area contributed by atoms with Crippen LogP contribution in [0.2, 0.25) is 0 Å². The molecule has 0 amide bonds. The summed E-state index contributed by atoms with van der Waals surface area (Å²) in [5.41, 5.74) is 1.18. The van der Waals surface area contributed by atoms with Crippen LogP contribution in [0.5, 0.6) is 0 Å². The topological polar surface area (TPSA) is 37.4 Å². The summed E-state index contributed by atoms with van der Waals surface area (Å²) in [7, 11) is -3.36. The summed E-state index contributed by atoms with van der Waals surface area (Å²) in [5, 5.41) is 0. The number of hydrogen-bond acceptors (Lipinski definition) is 2. The number of benzene rings is 1. The van der Waals surface area contributed by atoms with Crippen molar-refractivity contribution in [2.45, 2.75) is 37.5 Å². The van der Waals surface area contributed by atoms with Crippen LogP contribution < -0.4 is 0 Å². The van der Waals surface area contributed by atoms with E-state index in [1.54, 1.807) is 16.4 Å². The van der Waals surface area contributed by atoms with E-state index in [9.17, 15) is 8.42 Å². The van der Waals surface area contributed by atoms with Gasteiger partial charge in [-0.25, -0.2) is 8.42 Å². The third-order valence-electron chi connectivity index (χ3n) is 3.80. The maximum atomic E-state index is 12.6. The Hall–Kier alpha value is -0.580. The average Bonchev–Trinajstić information content (AvgIpc) is 2.48. The predicted molar refractivity (Wildman–Crippen MR) is 82.6 cm³/mol. The zero-order valence-corrected chi connectivity index (χ0v) is 13.5. The van der Waals surface area contributed by atoms with E-state index in [0.717, 1.165) is 25.7 Å². The lowest BCUT2D eigenvalue weighted by atomic mass is 10.0. The fourth-order valence-corrected chi connectivity index (χ4v) is 4.44. The van der Waals surface area contributed by atoms with Gasteiger partial charge in [0.2, 0.25) is 10.0 Å². The van der Waals surface area contributed by atoms with Crippen LogP contribution >= 0.6 is 11.6 Å². The fourth-order valence-electron chi connectivity index (χ4n) is 2.64. The molecule has 2 rings (SSSR count). The number of aryl methyl sites for hydroxylation is 1. The average molecular weight is 316 g/mol. The molecule has 1 aromatic carbocycles. The Morgan fingerprint density at radius 1 is 1.30 bits per heavy atom. The van der Waals surface area contributed by atoms with E-state index in [0.29, 0.717) is 23.9 Å². The number of sulfonamides is 1. The Morgan fingerprint density at radius 3 is 2.60 bits per heavy atom. The van der Waals surface area contributed by atoms with Crippen LogP contribution in [0.1, 0.15) is 31.7 Å². The van der Waals surface area contributed by atoms with Crippen molar-refractivity contribution in [1.82, 2.24) is 4.31 Å². The van der Waals surface area contributed by atoms with Gasteiger partial charge in [0, 0.05) is 19.0 Å². The normalized spacial score (nSPS) is 21.0. The van der Waals surface area contributed by atoms with Crippen molar-refractivity contribution in [3.05, 3.63) is 29.8 Å². The van der Waals surface area contributed by atoms with Crippen molar-refractivity contribution in [1.29, 1.82) is 0 Å². The van der Waals surface area contributed by atoms with Crippen LogP contribution in [0.25, 0.3) is 0 Å². The van der Waals surface area contributed by atoms with E-state index in [2.05, 4.69) is 6.92 Å². The molecule has 0 saturated carbocycles. The summed E-state index contributed by atoms with van der Waals surface area (Å²) in [5.74, 6) is 0.807. The molecule has 1 aromatic rings. The lowest BCUT2D eigenvalue weighted by Gasteiger charge is -2.30. The van der Waals surface area contributed by atoms with Gasteiger partial charge < -0.3 is 0 Å². The largest absolute Gasteiger partial charge is 0.243 e. The van der Waals surface area contributed by atoms with Crippen molar-refractivity contribution in [2.75, 3.05) is 19.0 Å². The predicted octanol–water partition coefficient (Wildman–Crippen LogP) is 3.28. The molecule has 0 radical (unpaired) electrons. The van der Waals surface area contributed by atoms with Gasteiger partial charge in [0.1, 0.15) is 0 Å². The van der Waals surface area contributed by atoms with E-state index in [-0.39, 0.29) is 5.92 Å². The zero-order valence-electron chi connectivity index (χ0n) is 11.9. The van der Waals surface area contributed by atoms with Crippen LogP contribution in [0, 0.1) is 5.92 Å². The van der Waals surface area contributed by atoms with Crippen LogP contribution in [0.15, 0.2) is 29.2 Å². The van der Waals surface area contributed by atoms with Gasteiger partial charge in [-0.3, -0.25) is 0 Å². The van der Waals surface area contributed by atoms with Crippen LogP contribution in [0.4, 0.5) is 0 Å². The lowest BCUT2D eigenvalue weighted by molar-refractivity contribution is 0.283. The quantitative estimate of drug-likeness (QED) is 0.782. The molecule has 20 heavy (non-hydrogen) atoms. The van der Waals surface area contributed by atoms with Crippen molar-refractivity contribution in [3.8, 4) is 0 Å². The third kappa shape index (κ3) is 3.54. The van der Waals surface area contributed by atoms with E-state index < -0.39 is 10.0 Å². The minimum Gasteiger partial charge on any atom is -0.207 e. The van der Waals surface area contributed by atoms with Gasteiger partial charge in [-0.15, -0.1) is 11.6 Å². The first-order chi connectivity index (χ1) is 9.57. The fraction of sp³-hybridized carbons (Fsp3) is 0.600. The van der Waals surface area contributed by atoms with Crippen molar-refractivity contribution < 1.29 is 8.42 Å². The Labute approximate surface area is 127 Å². The van der Waals surface area contributed by atoms with Crippen LogP contribution in [-0.2, 0) is 16.4 Å². The summed E-state index contributed by atoms with van der Waals surface area (Å²) in [6, 6.07) is 7.29. The lowest BCUT2D eigenvalue weighted by Crippen LogP contribution is -2.40. The van der Waals surface area contributed by atoms with Crippen LogP contribution in [-0.4, -0.2) is 31.7 Å². The molecule has 1 unspecified atom stereocenters. The monoisotopic (exact) mass is 315 g/mol. The summed E-state index contributed by atoms with van der Waals surface area (Å²) < 4.78 is 26.8. The van der Waals surface area contributed by atoms with E-state index >= 15 is 0 Å². The van der Waals surface area contributed by atoms with E-state index in [4.69, 9.17) is 11.6 Å². The number of hydrogen-bond donors (Lipinski definition) is 0. The summed E-state index contributed by atoms with van der Waals surface area (Å²) in [6.07, 6.45) is 3.96. The van der Waals surface area contributed by atoms with Crippen LogP contribution in [0.3, 0.4) is 0 Å². The first kappa shape index (κ1) is 15.8. The minimum absolute atomic E-state index is 0.277. The van der Waals surface area contributed by atoms with Gasteiger partial charge in [0.05, 0.1) is 4.90 Å². The van der Waals surface area contributed by atoms with E-state index in [1.807, 2.05) is 12.1 Å². The highest BCUT2D eigenvalue weighted by molar-refractivity contribution is 7.89. The maximum Gasteiger partial charge on any atom is 0.243 e. The molecular weight excluding hydrogens is 294 g/mol. The Bertz CT molecular complexity index is 527. The van der Waals surface area contributed by atoms with Crippen molar-refractivity contribution in [2.24, 2.45) is 5.92 Å². The summed E-state index contributed by atoms with van der Waals surface area (Å²) in [6.45, 7) is 3.26. The van der Waals surface area contributed by atoms with Gasteiger partial charge in [0.25, 0.3) is 0 Å². The molecule has 0 spiro atoms. The smallest absolute Gasteiger partial charge is 0.207 e. The molecule has 1 fully saturated rings.